The van der Waals surface area contributed by atoms with Gasteiger partial charge in [-0.05, 0) is 49.1 Å². The van der Waals surface area contributed by atoms with Crippen LogP contribution >= 0.6 is 0 Å². The Kier molecular flexibility index (Phi) is 7.06. The van der Waals surface area contributed by atoms with Gasteiger partial charge in [0.05, 0.1) is 20.1 Å². The monoisotopic (exact) mass is 421 g/mol. The Morgan fingerprint density at radius 1 is 1.19 bits per heavy atom. The van der Waals surface area contributed by atoms with E-state index < -0.39 is 0 Å². The fourth-order valence-corrected chi connectivity index (χ4v) is 4.68. The SMILES string of the molecule is CC(=O)NC1CC[N+](C)(C/C=C/c2ccccc2)C(Nc2c(C)cc(C)c(N)c2C)C1. The molecule has 1 aliphatic heterocycles. The van der Waals surface area contributed by atoms with Gasteiger partial charge in [0.15, 0.2) is 6.17 Å². The summed E-state index contributed by atoms with van der Waals surface area (Å²) in [5, 5.41) is 6.97. The lowest BCUT2D eigenvalue weighted by atomic mass is 9.97. The molecule has 1 heterocycles. The zero-order valence-electron chi connectivity index (χ0n) is 19.5. The smallest absolute Gasteiger partial charge is 0.217 e. The van der Waals surface area contributed by atoms with Gasteiger partial charge in [-0.15, -0.1) is 0 Å². The number of carbonyl (C=O) groups is 1. The van der Waals surface area contributed by atoms with Crippen molar-refractivity contribution in [2.75, 3.05) is 31.2 Å². The average Bonchev–Trinajstić information content (AvgIpc) is 2.72. The van der Waals surface area contributed by atoms with Crippen LogP contribution in [0.1, 0.15) is 42.0 Å². The molecule has 0 spiro atoms. The van der Waals surface area contributed by atoms with Crippen LogP contribution < -0.4 is 16.4 Å². The van der Waals surface area contributed by atoms with E-state index in [1.807, 2.05) is 6.07 Å². The molecule has 0 aromatic heterocycles. The van der Waals surface area contributed by atoms with Crippen molar-refractivity contribution in [1.82, 2.24) is 5.32 Å². The van der Waals surface area contributed by atoms with Crippen molar-refractivity contribution in [1.29, 1.82) is 0 Å². The zero-order chi connectivity index (χ0) is 22.6. The quantitative estimate of drug-likeness (QED) is 0.479. The first kappa shape index (κ1) is 22.9. The van der Waals surface area contributed by atoms with Crippen LogP contribution in [0.4, 0.5) is 11.4 Å². The van der Waals surface area contributed by atoms with E-state index in [0.717, 1.165) is 52.9 Å². The summed E-state index contributed by atoms with van der Waals surface area (Å²) < 4.78 is 0.867. The highest BCUT2D eigenvalue weighted by Gasteiger charge is 2.39. The summed E-state index contributed by atoms with van der Waals surface area (Å²) in [5.41, 5.74) is 13.0. The minimum Gasteiger partial charge on any atom is -0.398 e. The van der Waals surface area contributed by atoms with Crippen LogP contribution in [-0.2, 0) is 4.79 Å². The Morgan fingerprint density at radius 3 is 2.58 bits per heavy atom. The summed E-state index contributed by atoms with van der Waals surface area (Å²) in [7, 11) is 2.30. The first-order valence-corrected chi connectivity index (χ1v) is 11.2. The number of aryl methyl sites for hydroxylation is 2. The number of quaternary nitrogens is 1. The lowest BCUT2D eigenvalue weighted by molar-refractivity contribution is -0.929. The highest BCUT2D eigenvalue weighted by molar-refractivity contribution is 5.73. The summed E-state index contributed by atoms with van der Waals surface area (Å²) >= 11 is 0. The lowest BCUT2D eigenvalue weighted by Gasteiger charge is -2.47. The van der Waals surface area contributed by atoms with E-state index in [4.69, 9.17) is 5.73 Å². The summed E-state index contributed by atoms with van der Waals surface area (Å²) in [6.45, 7) is 9.78. The average molecular weight is 422 g/mol. The molecule has 5 nitrogen and oxygen atoms in total. The summed E-state index contributed by atoms with van der Waals surface area (Å²) in [6, 6.07) is 12.7. The van der Waals surface area contributed by atoms with Crippen LogP contribution in [0.5, 0.6) is 0 Å². The molecule has 2 aromatic rings. The number of piperidine rings is 1. The number of nitrogens with zero attached hydrogens (tertiary/aromatic N) is 1. The minimum absolute atomic E-state index is 0.0377. The van der Waals surface area contributed by atoms with Gasteiger partial charge >= 0.3 is 0 Å². The van der Waals surface area contributed by atoms with E-state index in [1.54, 1.807) is 6.92 Å². The minimum atomic E-state index is 0.0377. The van der Waals surface area contributed by atoms with Crippen molar-refractivity contribution < 1.29 is 9.28 Å². The van der Waals surface area contributed by atoms with Crippen LogP contribution in [0.3, 0.4) is 0 Å². The molecule has 1 aliphatic rings. The first-order valence-electron chi connectivity index (χ1n) is 11.2. The summed E-state index contributed by atoms with van der Waals surface area (Å²) in [4.78, 5) is 11.7. The first-order chi connectivity index (χ1) is 14.7. The highest BCUT2D eigenvalue weighted by Crippen LogP contribution is 2.33. The number of nitrogens with one attached hydrogen (secondary N) is 2. The standard InChI is InChI=1S/C26H36N4O/c1-18-16-19(2)26(20(3)25(18)27)29-24-17-23(28-21(4)31)13-15-30(24,5)14-9-12-22-10-7-6-8-11-22/h6-12,16,23-24,29H,13-15,17,27H2,1-5H3/p+1/b12-9+. The number of hydrogen-bond donors (Lipinski definition) is 3. The van der Waals surface area contributed by atoms with Crippen LogP contribution in [0.25, 0.3) is 6.08 Å². The molecule has 31 heavy (non-hydrogen) atoms. The normalized spacial score (nSPS) is 23.6. The van der Waals surface area contributed by atoms with Gasteiger partial charge in [-0.2, -0.15) is 0 Å². The lowest BCUT2D eigenvalue weighted by Crippen LogP contribution is -2.62. The highest BCUT2D eigenvalue weighted by atomic mass is 16.1. The third-order valence-electron chi connectivity index (χ3n) is 6.63. The molecule has 3 atom stereocenters. The Hall–Kier alpha value is -2.79. The number of carbonyl (C=O) groups excluding carboxylic acids is 1. The maximum absolute atomic E-state index is 11.7. The molecule has 0 aliphatic carbocycles. The van der Waals surface area contributed by atoms with E-state index in [1.165, 1.54) is 11.1 Å². The van der Waals surface area contributed by atoms with Crippen molar-refractivity contribution >= 4 is 23.4 Å². The van der Waals surface area contributed by atoms with Crippen LogP contribution in [0.15, 0.2) is 42.5 Å². The van der Waals surface area contributed by atoms with E-state index in [-0.39, 0.29) is 18.1 Å². The molecular formula is C26H37N4O+. The maximum Gasteiger partial charge on any atom is 0.217 e. The number of benzene rings is 2. The summed E-state index contributed by atoms with van der Waals surface area (Å²) in [6.07, 6.45) is 6.49. The fourth-order valence-electron chi connectivity index (χ4n) is 4.68. The predicted octanol–water partition coefficient (Wildman–Crippen LogP) is 4.39. The van der Waals surface area contributed by atoms with Gasteiger partial charge in [-0.1, -0.05) is 42.5 Å². The number of rotatable bonds is 6. The molecular weight excluding hydrogens is 384 g/mol. The second-order valence-electron chi connectivity index (χ2n) is 9.20. The Labute approximate surface area is 186 Å². The van der Waals surface area contributed by atoms with Crippen molar-refractivity contribution in [2.24, 2.45) is 0 Å². The topological polar surface area (TPSA) is 67.2 Å². The van der Waals surface area contributed by atoms with Gasteiger partial charge in [0.25, 0.3) is 0 Å². The van der Waals surface area contributed by atoms with Crippen molar-refractivity contribution in [3.63, 3.8) is 0 Å². The van der Waals surface area contributed by atoms with Gasteiger partial charge < -0.3 is 20.9 Å². The molecule has 5 heteroatoms. The van der Waals surface area contributed by atoms with Gasteiger partial charge in [-0.25, -0.2) is 0 Å². The Balaban J connectivity index is 1.86. The maximum atomic E-state index is 11.7. The Morgan fingerprint density at radius 2 is 1.90 bits per heavy atom. The molecule has 0 bridgehead atoms. The van der Waals surface area contributed by atoms with Gasteiger partial charge in [0.1, 0.15) is 0 Å². The molecule has 2 aromatic carbocycles. The van der Waals surface area contributed by atoms with E-state index in [0.29, 0.717) is 0 Å². The number of nitrogens with two attached hydrogens (primary N) is 1. The van der Waals surface area contributed by atoms with Crippen molar-refractivity contribution in [3.05, 3.63) is 64.7 Å². The predicted molar refractivity (Wildman–Crippen MR) is 131 cm³/mol. The summed E-state index contributed by atoms with van der Waals surface area (Å²) in [5.74, 6) is 0.0377. The van der Waals surface area contributed by atoms with Crippen LogP contribution in [0, 0.1) is 20.8 Å². The third kappa shape index (κ3) is 5.47. The third-order valence-corrected chi connectivity index (χ3v) is 6.63. The van der Waals surface area contributed by atoms with Crippen LogP contribution in [0.2, 0.25) is 0 Å². The molecule has 3 rings (SSSR count). The number of likely N-dealkylation sites (tertiary alicyclic amines) is 1. The van der Waals surface area contributed by atoms with Gasteiger partial charge in [0.2, 0.25) is 5.91 Å². The van der Waals surface area contributed by atoms with Crippen LogP contribution in [-0.4, -0.2) is 42.7 Å². The molecule has 166 valence electrons. The molecule has 3 unspecified atom stereocenters. The Bertz CT molecular complexity index is 954. The van der Waals surface area contributed by atoms with Crippen molar-refractivity contribution in [3.8, 4) is 0 Å². The fraction of sp³-hybridized carbons (Fsp3) is 0.423. The number of likely N-dealkylation sites (N-methyl/N-ethyl adjacent to an activating group) is 1. The zero-order valence-corrected chi connectivity index (χ0v) is 19.5. The van der Waals surface area contributed by atoms with Gasteiger partial charge in [-0.3, -0.25) is 4.79 Å². The number of anilines is 2. The second kappa shape index (κ2) is 9.56. The van der Waals surface area contributed by atoms with Crippen molar-refractivity contribution in [2.45, 2.75) is 52.7 Å². The largest absolute Gasteiger partial charge is 0.398 e. The van der Waals surface area contributed by atoms with E-state index in [2.05, 4.69) is 80.9 Å². The molecule has 1 saturated heterocycles. The molecule has 1 amide bonds. The van der Waals surface area contributed by atoms with Gasteiger partial charge in [0, 0.05) is 37.2 Å². The second-order valence-corrected chi connectivity index (χ2v) is 9.20. The molecule has 0 radical (unpaired) electrons. The number of amides is 1. The molecule has 4 N–H and O–H groups in total. The van der Waals surface area contributed by atoms with E-state index in [9.17, 15) is 4.79 Å². The van der Waals surface area contributed by atoms with E-state index >= 15 is 0 Å². The number of nitrogen functional groups attached to an aromatic ring is 1. The molecule has 0 saturated carbocycles. The number of hydrogen-bond acceptors (Lipinski definition) is 3. The molecule has 1 fully saturated rings.